The molecule has 1 saturated carbocycles. The molecule has 2 N–H and O–H groups in total. The van der Waals surface area contributed by atoms with E-state index in [1.165, 1.54) is 38.5 Å². The third kappa shape index (κ3) is 7.64. The summed E-state index contributed by atoms with van der Waals surface area (Å²) in [6.07, 6.45) is 11.6. The quantitative estimate of drug-likeness (QED) is 0.417. The van der Waals surface area contributed by atoms with Gasteiger partial charge in [0.15, 0.2) is 0 Å². The number of aromatic nitrogens is 2. The van der Waals surface area contributed by atoms with E-state index in [1.54, 1.807) is 6.20 Å². The summed E-state index contributed by atoms with van der Waals surface area (Å²) < 4.78 is 28.2. The zero-order valence-electron chi connectivity index (χ0n) is 22.5. The van der Waals surface area contributed by atoms with Crippen LogP contribution in [0.3, 0.4) is 0 Å². The largest absolute Gasteiger partial charge is 0.381 e. The van der Waals surface area contributed by atoms with Crippen molar-refractivity contribution in [2.75, 3.05) is 38.2 Å². The average Bonchev–Trinajstić information content (AvgIpc) is 3.44. The van der Waals surface area contributed by atoms with Crippen LogP contribution in [0.2, 0.25) is 5.02 Å². The van der Waals surface area contributed by atoms with Crippen LogP contribution in [0.4, 0.5) is 5.82 Å². The topological polar surface area (TPSA) is 68.3 Å². The zero-order valence-corrected chi connectivity index (χ0v) is 21.2. The maximum atomic E-state index is 8.55. The molecule has 1 aliphatic carbocycles. The summed E-state index contributed by atoms with van der Waals surface area (Å²) in [7, 11) is 0. The van der Waals surface area contributed by atoms with Gasteiger partial charge in [-0.05, 0) is 87.8 Å². The van der Waals surface area contributed by atoms with E-state index in [-0.39, 0.29) is 13.3 Å². The Labute approximate surface area is 224 Å². The summed E-state index contributed by atoms with van der Waals surface area (Å²) in [5.74, 6) is 1.02. The predicted molar refractivity (Wildman–Crippen MR) is 148 cm³/mol. The molecule has 2 aliphatic heterocycles. The highest BCUT2D eigenvalue weighted by Crippen LogP contribution is 2.31. The summed E-state index contributed by atoms with van der Waals surface area (Å²) >= 11 is 6.56. The Morgan fingerprint density at radius 3 is 2.64 bits per heavy atom. The van der Waals surface area contributed by atoms with E-state index in [4.69, 9.17) is 28.8 Å². The van der Waals surface area contributed by atoms with Gasteiger partial charge in [0.05, 0.1) is 16.8 Å². The monoisotopic (exact) mass is 516 g/mol. The lowest BCUT2D eigenvalue weighted by atomic mass is 9.83. The van der Waals surface area contributed by atoms with Gasteiger partial charge in [-0.15, -0.1) is 0 Å². The van der Waals surface area contributed by atoms with Gasteiger partial charge in [0.25, 0.3) is 0 Å². The predicted octanol–water partition coefficient (Wildman–Crippen LogP) is 6.14. The number of pyridine rings is 2. The number of rotatable bonds is 9. The van der Waals surface area contributed by atoms with Crippen molar-refractivity contribution in [1.82, 2.24) is 15.3 Å². The summed E-state index contributed by atoms with van der Waals surface area (Å²) in [6.45, 7) is 1.54. The Morgan fingerprint density at radius 1 is 1.03 bits per heavy atom. The van der Waals surface area contributed by atoms with Crippen molar-refractivity contribution in [3.05, 3.63) is 41.2 Å². The van der Waals surface area contributed by atoms with Gasteiger partial charge in [-0.25, -0.2) is 4.98 Å². The second-order valence-electron chi connectivity index (χ2n) is 10.2. The van der Waals surface area contributed by atoms with Crippen LogP contribution in [0.5, 0.6) is 0 Å². The Morgan fingerprint density at radius 2 is 1.86 bits per heavy atom. The molecule has 0 spiro atoms. The lowest BCUT2D eigenvalue weighted by Crippen LogP contribution is -2.38. The molecular formula is C29H43ClN4O2. The van der Waals surface area contributed by atoms with Crippen molar-refractivity contribution < 1.29 is 12.2 Å². The number of halogens is 1. The van der Waals surface area contributed by atoms with Crippen molar-refractivity contribution >= 4 is 17.4 Å². The van der Waals surface area contributed by atoms with E-state index in [9.17, 15) is 0 Å². The fraction of sp³-hybridized carbons (Fsp3) is 0.655. The van der Waals surface area contributed by atoms with Gasteiger partial charge in [-0.1, -0.05) is 25.1 Å². The summed E-state index contributed by atoms with van der Waals surface area (Å²) in [5, 5.41) is 7.31. The van der Waals surface area contributed by atoms with Crippen LogP contribution < -0.4 is 10.6 Å². The molecule has 3 fully saturated rings. The molecule has 0 unspecified atom stereocenters. The highest BCUT2D eigenvalue weighted by Gasteiger charge is 2.24. The average molecular weight is 517 g/mol. The molecule has 6 nitrogen and oxygen atoms in total. The summed E-state index contributed by atoms with van der Waals surface area (Å²) in [6, 6.07) is 8.28. The van der Waals surface area contributed by atoms with Crippen molar-refractivity contribution in [2.45, 2.75) is 77.4 Å². The van der Waals surface area contributed by atoms with Gasteiger partial charge in [-0.3, -0.25) is 4.98 Å². The van der Waals surface area contributed by atoms with Crippen LogP contribution in [-0.4, -0.2) is 55.0 Å². The second-order valence-corrected chi connectivity index (χ2v) is 10.6. The summed E-state index contributed by atoms with van der Waals surface area (Å²) in [4.78, 5) is 9.35. The highest BCUT2D eigenvalue weighted by molar-refractivity contribution is 6.33. The first-order chi connectivity index (χ1) is 18.0. The Kier molecular flexibility index (Phi) is 9.37. The van der Waals surface area contributed by atoms with Gasteiger partial charge in [0.2, 0.25) is 0 Å². The first-order valence-electron chi connectivity index (χ1n) is 14.3. The number of nitrogens with zero attached hydrogens (tertiary/aromatic N) is 2. The van der Waals surface area contributed by atoms with Crippen LogP contribution >= 0.6 is 11.6 Å². The Bertz CT molecular complexity index is 1020. The van der Waals surface area contributed by atoms with Crippen molar-refractivity contribution in [3.8, 4) is 11.3 Å². The van der Waals surface area contributed by atoms with E-state index in [0.717, 1.165) is 36.5 Å². The van der Waals surface area contributed by atoms with Crippen molar-refractivity contribution in [1.29, 1.82) is 0 Å². The number of ether oxygens (including phenoxy) is 2. The summed E-state index contributed by atoms with van der Waals surface area (Å²) in [5.41, 5.74) is 2.60. The third-order valence-electron chi connectivity index (χ3n) is 7.57. The number of hydrogen-bond donors (Lipinski definition) is 2. The molecule has 1 atom stereocenters. The van der Waals surface area contributed by atoms with Crippen LogP contribution in [0.25, 0.3) is 11.3 Å². The molecule has 198 valence electrons. The molecule has 0 amide bonds. The zero-order chi connectivity index (χ0) is 25.7. The molecule has 0 bridgehead atoms. The number of nitrogens with one attached hydrogen (secondary N) is 2. The normalized spacial score (nSPS) is 26.1. The minimum Gasteiger partial charge on any atom is -0.381 e. The second kappa shape index (κ2) is 13.7. The standard InChI is InChI=1S/C28H39ClN4O2.CH4/c29-26-19-31-23(15-20-6-8-22(9-7-20)30-18-24-3-2-12-35-24)16-25(26)27-4-1-5-28(33-27)32-17-21-10-13-34-14-11-21;/h1,4-5,16,19-22,24,30H,2-3,6-15,17-18H2,(H,32,33);1H4/t20?,22?,24-;/m0./s1/i17D2;. The molecule has 2 saturated heterocycles. The maximum Gasteiger partial charge on any atom is 0.126 e. The van der Waals surface area contributed by atoms with Crippen molar-refractivity contribution in [3.63, 3.8) is 0 Å². The third-order valence-corrected chi connectivity index (χ3v) is 7.87. The van der Waals surface area contributed by atoms with E-state index >= 15 is 0 Å². The van der Waals surface area contributed by atoms with Crippen LogP contribution in [0.15, 0.2) is 30.5 Å². The van der Waals surface area contributed by atoms with Gasteiger partial charge in [0.1, 0.15) is 5.82 Å². The van der Waals surface area contributed by atoms with Gasteiger partial charge in [0, 0.05) is 59.1 Å². The maximum absolute atomic E-state index is 8.55. The smallest absolute Gasteiger partial charge is 0.126 e. The molecule has 36 heavy (non-hydrogen) atoms. The lowest BCUT2D eigenvalue weighted by molar-refractivity contribution is 0.0699. The molecule has 2 aromatic heterocycles. The number of hydrogen-bond acceptors (Lipinski definition) is 6. The highest BCUT2D eigenvalue weighted by atomic mass is 35.5. The lowest BCUT2D eigenvalue weighted by Gasteiger charge is -2.30. The molecule has 0 radical (unpaired) electrons. The molecule has 3 aliphatic rings. The number of anilines is 1. The SMILES string of the molecule is C.[2H]C([2H])(Nc1cccc(-c2cc(CC3CCC(NC[C@@H]4CCCO4)CC3)ncc2Cl)n1)C1CCOCC1. The Hall–Kier alpha value is -1.73. The molecule has 2 aromatic rings. The molecule has 0 aromatic carbocycles. The van der Waals surface area contributed by atoms with E-state index in [0.29, 0.717) is 55.0 Å². The fourth-order valence-corrected chi connectivity index (χ4v) is 5.63. The molecule has 7 heteroatoms. The fourth-order valence-electron chi connectivity index (χ4n) is 5.43. The van der Waals surface area contributed by atoms with E-state index in [1.807, 2.05) is 18.2 Å². The van der Waals surface area contributed by atoms with Crippen LogP contribution in [0.1, 0.15) is 67.2 Å². The van der Waals surface area contributed by atoms with Gasteiger partial charge >= 0.3 is 0 Å². The first-order valence-corrected chi connectivity index (χ1v) is 13.7. The Balaban J connectivity index is 0.00000336. The molecule has 4 heterocycles. The van der Waals surface area contributed by atoms with Crippen LogP contribution in [-0.2, 0) is 15.9 Å². The minimum absolute atomic E-state index is 0. The molecular weight excluding hydrogens is 472 g/mol. The van der Waals surface area contributed by atoms with E-state index < -0.39 is 6.50 Å². The van der Waals surface area contributed by atoms with E-state index in [2.05, 4.69) is 21.7 Å². The first kappa shape index (κ1) is 24.6. The van der Waals surface area contributed by atoms with Gasteiger partial charge in [-0.2, -0.15) is 0 Å². The minimum atomic E-state index is -1.56. The van der Waals surface area contributed by atoms with Crippen LogP contribution in [0, 0.1) is 11.8 Å². The van der Waals surface area contributed by atoms with Gasteiger partial charge < -0.3 is 20.1 Å². The molecule has 5 rings (SSSR count). The van der Waals surface area contributed by atoms with Crippen molar-refractivity contribution in [2.24, 2.45) is 11.8 Å².